The molecular formula is C123H123N13O3S4. The molecule has 1 N–H and O–H groups in total. The lowest BCUT2D eigenvalue weighted by Crippen LogP contribution is -2.06. The number of hydrogen-bond donors (Lipinski definition) is 1. The maximum Gasteiger partial charge on any atom is 0.174 e. The number of aliphatic hydroxyl groups is 1. The minimum atomic E-state index is -0.0396. The van der Waals surface area contributed by atoms with E-state index in [2.05, 4.69) is 284 Å². The van der Waals surface area contributed by atoms with Crippen molar-refractivity contribution in [3.05, 3.63) is 484 Å². The Bertz CT molecular complexity index is 7160. The second-order valence-electron chi connectivity index (χ2n) is 35.0. The van der Waals surface area contributed by atoms with E-state index in [0.717, 1.165) is 202 Å². The molecule has 0 saturated carbocycles. The third-order valence-electron chi connectivity index (χ3n) is 24.2. The van der Waals surface area contributed by atoms with Crippen molar-refractivity contribution in [3.63, 3.8) is 0 Å². The van der Waals surface area contributed by atoms with Crippen LogP contribution in [0.25, 0.3) is 66.3 Å². The fraction of sp³-hybridized carbons (Fsp3) is 0.211. The van der Waals surface area contributed by atoms with Gasteiger partial charge in [-0.2, -0.15) is 16.6 Å². The first-order valence-electron chi connectivity index (χ1n) is 47.9. The Balaban J connectivity index is 0.000000144. The van der Waals surface area contributed by atoms with Crippen molar-refractivity contribution in [3.8, 4) is 82.5 Å². The Labute approximate surface area is 859 Å². The van der Waals surface area contributed by atoms with Crippen molar-refractivity contribution >= 4 is 45.3 Å². The molecule has 16 nitrogen and oxygen atoms in total. The molecule has 0 fully saturated rings. The van der Waals surface area contributed by atoms with E-state index in [4.69, 9.17) is 54.3 Å². The van der Waals surface area contributed by atoms with Crippen LogP contribution >= 0.6 is 45.3 Å². The number of aliphatic hydroxyl groups excluding tert-OH is 1. The molecule has 0 radical (unpaired) electrons. The molecular weight excluding hydrogens is 1840 g/mol. The summed E-state index contributed by atoms with van der Waals surface area (Å²) < 4.78 is 10.6. The Hall–Kier alpha value is -15.0. The standard InChI is InChI=1S/C22H24N2OS.C21H22N2OS.C20H17N3.C20H20N2O.2C20H20N2S/c1-5-7-18-15(3)23-22(20-12-13-21(25-4)26-20)24-19(18)14-17-10-8-16(6-2)9-11-17;1-5-6-17-15(3)22-21(19-11-12-20(24-4)25-19)23-18(17)13-16-9-7-14(2)8-10-16;1-14-8-10-16(11-9-14)12-19-18(13-21)15(2)22-20(23-19)17-6-4-3-5-7-17;1-14-8-10-16(11-9-14)12-19-18(13-23)15(2)21-20(22-19)17-6-4-3-5-7-17;1-4-6-17-15(3)21-20(19-7-5-12-23-19)22-18(17)13-16-10-8-14(2)9-11-16;1-4-5-18-15(3)21-20(17-10-11-23-13-17)22-19(18)12-16-8-6-14(2)7-9-16/h5,8-13H,1,6-7,14H2,2-4H3;5,7-12H,1,6,13H2,2-4H3;3-11H,12H2,1-2H3;3-11,23H,12-13H2,1-2H3;4-5,7-12H,1,6,13H2,2-3H3;4,6-11,13H,1,5,12H2,2-3H3. The molecule has 0 aliphatic carbocycles. The second-order valence-corrected chi connectivity index (χ2v) is 38.8. The van der Waals surface area contributed by atoms with Crippen LogP contribution in [0.1, 0.15) is 175 Å². The van der Waals surface area contributed by atoms with Crippen LogP contribution in [-0.4, -0.2) is 79.1 Å². The molecule has 0 aliphatic heterocycles. The van der Waals surface area contributed by atoms with E-state index in [-0.39, 0.29) is 6.61 Å². The fourth-order valence-corrected chi connectivity index (χ4v) is 18.9. The SMILES string of the molecule is C=CCc1c(C)nc(-c2ccc(OC)s2)nc1Cc1ccc(C)cc1.C=CCc1c(C)nc(-c2ccc(OC)s2)nc1Cc1ccc(CC)cc1.C=CCc1c(C)nc(-c2cccs2)nc1Cc1ccc(C)cc1.C=CCc1c(C)nc(-c2ccsc2)nc1Cc1ccc(C)cc1.Cc1ccc(Cc2nc(-c3ccccc3)nc(C)c2C#N)cc1.Cc1ccc(Cc2nc(-c3ccccc3)nc(C)c2CO)cc1. The zero-order valence-corrected chi connectivity index (χ0v) is 87.5. The molecule has 143 heavy (non-hydrogen) atoms. The zero-order chi connectivity index (χ0) is 101. The lowest BCUT2D eigenvalue weighted by atomic mass is 10.0. The third-order valence-corrected chi connectivity index (χ3v) is 27.8. The molecule has 18 aromatic rings. The molecule has 0 unspecified atom stereocenters. The smallest absolute Gasteiger partial charge is 0.174 e. The van der Waals surface area contributed by atoms with Gasteiger partial charge < -0.3 is 14.6 Å². The molecule has 0 saturated heterocycles. The molecule has 18 rings (SSSR count). The van der Waals surface area contributed by atoms with Crippen LogP contribution in [-0.2, 0) is 77.2 Å². The van der Waals surface area contributed by atoms with Crippen LogP contribution in [0, 0.1) is 87.5 Å². The number of ether oxygens (including phenoxy) is 2. The average molecular weight is 1960 g/mol. The predicted octanol–water partition coefficient (Wildman–Crippen LogP) is 28.9. The van der Waals surface area contributed by atoms with Gasteiger partial charge in [0.1, 0.15) is 6.07 Å². The number of nitrogens with zero attached hydrogens (tertiary/aromatic N) is 13. The maximum atomic E-state index is 9.70. The third kappa shape index (κ3) is 29.6. The number of aryl methyl sites for hydroxylation is 12. The number of nitriles is 1. The molecule has 0 aliphatic rings. The van der Waals surface area contributed by atoms with Gasteiger partial charge in [0.05, 0.1) is 80.9 Å². The largest absolute Gasteiger partial charge is 0.487 e. The number of methoxy groups -OCH3 is 2. The lowest BCUT2D eigenvalue weighted by Gasteiger charge is -2.12. The summed E-state index contributed by atoms with van der Waals surface area (Å²) in [6.07, 6.45) is 16.5. The van der Waals surface area contributed by atoms with E-state index in [1.165, 1.54) is 83.5 Å². The maximum absolute atomic E-state index is 9.70. The Morgan fingerprint density at radius 1 is 0.301 bits per heavy atom. The highest BCUT2D eigenvalue weighted by Crippen LogP contribution is 2.36. The van der Waals surface area contributed by atoms with Crippen LogP contribution in [0.15, 0.2) is 315 Å². The summed E-state index contributed by atoms with van der Waals surface area (Å²) in [5.74, 6) is 4.56. The van der Waals surface area contributed by atoms with Crippen LogP contribution in [0.2, 0.25) is 0 Å². The topological polar surface area (TPSA) is 217 Å². The molecule has 0 atom stereocenters. The van der Waals surface area contributed by atoms with E-state index in [1.807, 2.05) is 136 Å². The first kappa shape index (κ1) is 105. The van der Waals surface area contributed by atoms with Crippen LogP contribution in [0.4, 0.5) is 0 Å². The molecule has 10 aromatic heterocycles. The molecule has 0 spiro atoms. The number of rotatable bonds is 30. The van der Waals surface area contributed by atoms with Gasteiger partial charge in [-0.05, 0) is 217 Å². The molecule has 10 heterocycles. The quantitative estimate of drug-likeness (QED) is 0.0414. The van der Waals surface area contributed by atoms with Gasteiger partial charge in [0.15, 0.2) is 45.1 Å². The van der Waals surface area contributed by atoms with Crippen molar-refractivity contribution in [1.82, 2.24) is 59.8 Å². The summed E-state index contributed by atoms with van der Waals surface area (Å²) in [4.78, 5) is 60.0. The van der Waals surface area contributed by atoms with E-state index >= 15 is 0 Å². The van der Waals surface area contributed by atoms with Crippen molar-refractivity contribution in [2.75, 3.05) is 14.2 Å². The minimum Gasteiger partial charge on any atom is -0.487 e. The summed E-state index contributed by atoms with van der Waals surface area (Å²) in [7, 11) is 3.36. The van der Waals surface area contributed by atoms with Crippen LogP contribution < -0.4 is 9.47 Å². The van der Waals surface area contributed by atoms with E-state index < -0.39 is 0 Å². The second kappa shape index (κ2) is 52.5. The molecule has 0 bridgehead atoms. The number of hydrogen-bond acceptors (Lipinski definition) is 20. The normalized spacial score (nSPS) is 10.6. The lowest BCUT2D eigenvalue weighted by molar-refractivity contribution is 0.278. The molecule has 20 heteroatoms. The van der Waals surface area contributed by atoms with Crippen LogP contribution in [0.3, 0.4) is 0 Å². The summed E-state index contributed by atoms with van der Waals surface area (Å²) in [6, 6.07) is 87.6. The number of thiophene rings is 4. The Morgan fingerprint density at radius 3 is 0.895 bits per heavy atom. The van der Waals surface area contributed by atoms with Crippen molar-refractivity contribution in [2.24, 2.45) is 0 Å². The number of benzene rings is 8. The Kier molecular flexibility index (Phi) is 38.7. The fourth-order valence-electron chi connectivity index (χ4n) is 16.1. The summed E-state index contributed by atoms with van der Waals surface area (Å²) >= 11 is 6.48. The summed E-state index contributed by atoms with van der Waals surface area (Å²) in [5, 5.41) is 27.1. The van der Waals surface area contributed by atoms with Crippen LogP contribution in [0.5, 0.6) is 10.1 Å². The van der Waals surface area contributed by atoms with Gasteiger partial charge in [0.25, 0.3) is 0 Å². The van der Waals surface area contributed by atoms with Gasteiger partial charge in [-0.15, -0.1) is 37.7 Å². The zero-order valence-electron chi connectivity index (χ0n) is 84.2. The predicted molar refractivity (Wildman–Crippen MR) is 593 cm³/mol. The van der Waals surface area contributed by atoms with E-state index in [9.17, 15) is 10.4 Å². The Morgan fingerprint density at radius 2 is 0.594 bits per heavy atom. The van der Waals surface area contributed by atoms with Gasteiger partial charge in [-0.25, -0.2) is 59.8 Å². The highest BCUT2D eigenvalue weighted by Gasteiger charge is 2.22. The van der Waals surface area contributed by atoms with Crippen molar-refractivity contribution < 1.29 is 14.6 Å². The summed E-state index contributed by atoms with van der Waals surface area (Å²) in [6.45, 7) is 40.1. The van der Waals surface area contributed by atoms with E-state index in [1.54, 1.807) is 59.6 Å². The van der Waals surface area contributed by atoms with Crippen molar-refractivity contribution in [2.45, 2.75) is 160 Å². The van der Waals surface area contributed by atoms with Gasteiger partial charge in [0.2, 0.25) is 0 Å². The van der Waals surface area contributed by atoms with Gasteiger partial charge in [0, 0.05) is 94.6 Å². The number of allylic oxidation sites excluding steroid dienone is 4. The van der Waals surface area contributed by atoms with Gasteiger partial charge in [-0.1, -0.05) is 294 Å². The first-order valence-corrected chi connectivity index (χ1v) is 51.3. The monoisotopic (exact) mass is 1960 g/mol. The van der Waals surface area contributed by atoms with E-state index in [0.29, 0.717) is 30.1 Å². The minimum absolute atomic E-state index is 0.0396. The number of aromatic nitrogens is 12. The highest BCUT2D eigenvalue weighted by atomic mass is 32.1. The average Bonchev–Trinajstić information content (AvgIpc) is 1.80. The van der Waals surface area contributed by atoms with Gasteiger partial charge in [-0.3, -0.25) is 0 Å². The molecule has 0 amide bonds. The highest BCUT2D eigenvalue weighted by molar-refractivity contribution is 7.17. The summed E-state index contributed by atoms with van der Waals surface area (Å²) in [5.41, 5.74) is 35.9. The first-order chi connectivity index (χ1) is 69.4. The van der Waals surface area contributed by atoms with Crippen molar-refractivity contribution in [1.29, 1.82) is 5.26 Å². The molecule has 722 valence electrons. The molecule has 8 aromatic carbocycles. The van der Waals surface area contributed by atoms with Gasteiger partial charge >= 0.3 is 0 Å².